The Morgan fingerprint density at radius 1 is 1.13 bits per heavy atom. The van der Waals surface area contributed by atoms with Crippen LogP contribution in [0.2, 0.25) is 0 Å². The molecule has 1 heterocycles. The number of methoxy groups -OCH3 is 1. The third-order valence-corrected chi connectivity index (χ3v) is 4.93. The minimum absolute atomic E-state index is 0.0400. The quantitative estimate of drug-likeness (QED) is 0.762. The molecule has 8 heteroatoms. The molecule has 1 atom stereocenters. The van der Waals surface area contributed by atoms with Gasteiger partial charge in [0.15, 0.2) is 0 Å². The molecule has 2 N–H and O–H groups in total. The number of anilines is 1. The molecule has 3 rings (SSSR count). The van der Waals surface area contributed by atoms with Crippen molar-refractivity contribution in [3.63, 3.8) is 0 Å². The van der Waals surface area contributed by atoms with Gasteiger partial charge in [0.25, 0.3) is 5.91 Å². The second-order valence-electron chi connectivity index (χ2n) is 7.14. The van der Waals surface area contributed by atoms with E-state index >= 15 is 0 Å². The largest absolute Gasteiger partial charge is 0.495 e. The van der Waals surface area contributed by atoms with E-state index in [1.807, 2.05) is 0 Å². The molecule has 0 bridgehead atoms. The molecule has 0 radical (unpaired) electrons. The van der Waals surface area contributed by atoms with E-state index in [1.165, 1.54) is 18.1 Å². The highest BCUT2D eigenvalue weighted by Gasteiger charge is 2.39. The van der Waals surface area contributed by atoms with Crippen LogP contribution in [-0.2, 0) is 4.79 Å². The molecular weight excluding hydrogens is 392 g/mol. The number of nitrogens with zero attached hydrogens (tertiary/aromatic N) is 1. The Kier molecular flexibility index (Phi) is 6.05. The average molecular weight is 415 g/mol. The number of benzene rings is 2. The molecule has 0 unspecified atom stereocenters. The summed E-state index contributed by atoms with van der Waals surface area (Å²) in [4.78, 5) is 27.3. The maximum absolute atomic E-state index is 14.5. The summed E-state index contributed by atoms with van der Waals surface area (Å²) in [5.41, 5.74) is 0.358. The van der Waals surface area contributed by atoms with Crippen LogP contribution in [0.15, 0.2) is 53.7 Å². The van der Waals surface area contributed by atoms with Gasteiger partial charge >= 0.3 is 6.03 Å². The van der Waals surface area contributed by atoms with Crippen molar-refractivity contribution in [2.24, 2.45) is 0 Å². The number of para-hydroxylation sites is 2. The molecule has 1 aliphatic heterocycles. The van der Waals surface area contributed by atoms with Gasteiger partial charge in [-0.2, -0.15) is 0 Å². The second kappa shape index (κ2) is 8.52. The van der Waals surface area contributed by atoms with Crippen molar-refractivity contribution in [2.45, 2.75) is 32.9 Å². The van der Waals surface area contributed by atoms with Crippen molar-refractivity contribution in [1.82, 2.24) is 10.2 Å². The number of urea groups is 1. The molecule has 2 aromatic rings. The van der Waals surface area contributed by atoms with Gasteiger partial charge in [-0.25, -0.2) is 13.6 Å². The zero-order valence-corrected chi connectivity index (χ0v) is 17.1. The summed E-state index contributed by atoms with van der Waals surface area (Å²) < 4.78 is 34.4. The lowest BCUT2D eigenvalue weighted by atomic mass is 9.92. The molecule has 158 valence electrons. The molecule has 2 aromatic carbocycles. The number of carbonyl (C=O) groups is 2. The topological polar surface area (TPSA) is 70.7 Å². The van der Waals surface area contributed by atoms with Gasteiger partial charge in [-0.15, -0.1) is 0 Å². The lowest BCUT2D eigenvalue weighted by molar-refractivity contribution is -0.113. The Morgan fingerprint density at radius 2 is 1.77 bits per heavy atom. The second-order valence-corrected chi connectivity index (χ2v) is 7.14. The van der Waals surface area contributed by atoms with Crippen LogP contribution < -0.4 is 15.4 Å². The lowest BCUT2D eigenvalue weighted by Gasteiger charge is -2.38. The molecule has 0 aromatic heterocycles. The smallest absolute Gasteiger partial charge is 0.322 e. The van der Waals surface area contributed by atoms with Crippen LogP contribution in [0, 0.1) is 11.6 Å². The van der Waals surface area contributed by atoms with Gasteiger partial charge in [0.1, 0.15) is 17.4 Å². The minimum Gasteiger partial charge on any atom is -0.495 e. The molecule has 3 amide bonds. The Morgan fingerprint density at radius 3 is 2.37 bits per heavy atom. The maximum Gasteiger partial charge on any atom is 0.322 e. The first-order valence-corrected chi connectivity index (χ1v) is 9.45. The summed E-state index contributed by atoms with van der Waals surface area (Å²) >= 11 is 0. The fraction of sp³-hybridized carbons (Fsp3) is 0.273. The molecule has 0 saturated carbocycles. The third-order valence-electron chi connectivity index (χ3n) is 4.93. The average Bonchev–Trinajstić information content (AvgIpc) is 2.67. The van der Waals surface area contributed by atoms with E-state index in [0.717, 1.165) is 12.1 Å². The number of halogens is 2. The number of amides is 3. The molecule has 30 heavy (non-hydrogen) atoms. The predicted octanol–water partition coefficient (Wildman–Crippen LogP) is 4.36. The Bertz CT molecular complexity index is 1000. The first-order valence-electron chi connectivity index (χ1n) is 9.45. The lowest BCUT2D eigenvalue weighted by Crippen LogP contribution is -2.51. The number of nitrogens with one attached hydrogen (secondary N) is 2. The first-order chi connectivity index (χ1) is 14.3. The van der Waals surface area contributed by atoms with Crippen molar-refractivity contribution >= 4 is 17.6 Å². The molecule has 0 saturated heterocycles. The third kappa shape index (κ3) is 3.85. The van der Waals surface area contributed by atoms with E-state index in [4.69, 9.17) is 4.74 Å². The summed E-state index contributed by atoms with van der Waals surface area (Å²) in [7, 11) is 1.47. The van der Waals surface area contributed by atoms with E-state index in [9.17, 15) is 18.4 Å². The molecule has 6 nitrogen and oxygen atoms in total. The maximum atomic E-state index is 14.5. The normalized spacial score (nSPS) is 16.6. The van der Waals surface area contributed by atoms with E-state index in [2.05, 4.69) is 10.6 Å². The van der Waals surface area contributed by atoms with Crippen molar-refractivity contribution in [3.8, 4) is 5.75 Å². The zero-order chi connectivity index (χ0) is 22.0. The number of rotatable bonds is 5. The van der Waals surface area contributed by atoms with Gasteiger partial charge in [0.05, 0.1) is 30.0 Å². The van der Waals surface area contributed by atoms with Gasteiger partial charge in [-0.3, -0.25) is 9.69 Å². The van der Waals surface area contributed by atoms with Crippen LogP contribution in [0.25, 0.3) is 0 Å². The molecular formula is C22H23F2N3O3. The number of allylic oxidation sites excluding steroid dienone is 1. The van der Waals surface area contributed by atoms with Crippen molar-refractivity contribution < 1.29 is 23.1 Å². The Hall–Kier alpha value is -3.42. The fourth-order valence-corrected chi connectivity index (χ4v) is 3.61. The number of ether oxygens (including phenoxy) is 1. The summed E-state index contributed by atoms with van der Waals surface area (Å²) in [5, 5.41) is 5.31. The summed E-state index contributed by atoms with van der Waals surface area (Å²) in [6, 6.07) is 8.09. The van der Waals surface area contributed by atoms with Crippen molar-refractivity contribution in [3.05, 3.63) is 70.9 Å². The van der Waals surface area contributed by atoms with Gasteiger partial charge in [-0.05, 0) is 45.0 Å². The van der Waals surface area contributed by atoms with Gasteiger partial charge < -0.3 is 15.4 Å². The van der Waals surface area contributed by atoms with Crippen LogP contribution in [0.4, 0.5) is 19.3 Å². The van der Waals surface area contributed by atoms with Gasteiger partial charge in [0, 0.05) is 11.7 Å². The van der Waals surface area contributed by atoms with E-state index in [1.54, 1.807) is 45.0 Å². The standard InChI is InChI=1S/C22H23F2N3O3/c1-12(2)27-13(3)18(21(28)25-16-10-5-6-11-17(16)30-4)20(26-22(27)29)19-14(23)8-7-9-15(19)24/h5-12,20H,1-4H3,(H,25,28)(H,26,29)/t20-/m0/s1. The molecule has 1 aliphatic rings. The minimum atomic E-state index is -1.29. The monoisotopic (exact) mass is 415 g/mol. The molecule has 0 fully saturated rings. The fourth-order valence-electron chi connectivity index (χ4n) is 3.61. The summed E-state index contributed by atoms with van der Waals surface area (Å²) in [6.45, 7) is 5.15. The summed E-state index contributed by atoms with van der Waals surface area (Å²) in [6.07, 6.45) is 0. The Balaban J connectivity index is 2.13. The molecule has 0 aliphatic carbocycles. The van der Waals surface area contributed by atoms with Crippen LogP contribution in [-0.4, -0.2) is 30.0 Å². The highest BCUT2D eigenvalue weighted by Crippen LogP contribution is 2.35. The van der Waals surface area contributed by atoms with Crippen molar-refractivity contribution in [2.75, 3.05) is 12.4 Å². The highest BCUT2D eigenvalue weighted by molar-refractivity contribution is 6.07. The highest BCUT2D eigenvalue weighted by atomic mass is 19.1. The van der Waals surface area contributed by atoms with E-state index < -0.39 is 35.2 Å². The SMILES string of the molecule is COc1ccccc1NC(=O)C1=C(C)N(C(C)C)C(=O)N[C@@H]1c1c(F)cccc1F. The predicted molar refractivity (Wildman–Crippen MR) is 109 cm³/mol. The number of carbonyl (C=O) groups excluding carboxylic acids is 2. The summed E-state index contributed by atoms with van der Waals surface area (Å²) in [5.74, 6) is -1.88. The number of hydrogen-bond acceptors (Lipinski definition) is 3. The first kappa shape index (κ1) is 21.3. The van der Waals surface area contributed by atoms with Crippen LogP contribution in [0.3, 0.4) is 0 Å². The van der Waals surface area contributed by atoms with Gasteiger partial charge in [0.2, 0.25) is 0 Å². The van der Waals surface area contributed by atoms with Crippen LogP contribution in [0.5, 0.6) is 5.75 Å². The van der Waals surface area contributed by atoms with Crippen molar-refractivity contribution in [1.29, 1.82) is 0 Å². The van der Waals surface area contributed by atoms with Crippen LogP contribution in [0.1, 0.15) is 32.4 Å². The Labute approximate surface area is 173 Å². The zero-order valence-electron chi connectivity index (χ0n) is 17.1. The van der Waals surface area contributed by atoms with E-state index in [-0.39, 0.29) is 11.6 Å². The van der Waals surface area contributed by atoms with Gasteiger partial charge in [-0.1, -0.05) is 18.2 Å². The molecule has 0 spiro atoms. The van der Waals surface area contributed by atoms with E-state index in [0.29, 0.717) is 17.1 Å². The van der Waals surface area contributed by atoms with Crippen LogP contribution >= 0.6 is 0 Å². The number of hydrogen-bond donors (Lipinski definition) is 2.